The average Bonchev–Trinajstić information content (AvgIpc) is 2.45. The van der Waals surface area contributed by atoms with E-state index in [0.29, 0.717) is 0 Å². The molecule has 0 fully saturated rings. The summed E-state index contributed by atoms with van der Waals surface area (Å²) in [7, 11) is 2.77. The third kappa shape index (κ3) is 2.99. The monoisotopic (exact) mass is 338 g/mol. The lowest BCUT2D eigenvalue weighted by molar-refractivity contribution is 0.517. The van der Waals surface area contributed by atoms with Gasteiger partial charge < -0.3 is 0 Å². The molecule has 2 atom stereocenters. The van der Waals surface area contributed by atoms with Gasteiger partial charge in [-0.3, -0.25) is 0 Å². The number of hydrogen-bond donors (Lipinski definition) is 0. The molecule has 0 saturated carbocycles. The highest BCUT2D eigenvalue weighted by Crippen LogP contribution is 2.49. The van der Waals surface area contributed by atoms with Gasteiger partial charge in [0.05, 0.1) is 0 Å². The Morgan fingerprint density at radius 3 is 2.62 bits per heavy atom. The molecule has 21 heavy (non-hydrogen) atoms. The smallest absolute Gasteiger partial charge is 0.126 e. The highest BCUT2D eigenvalue weighted by atomic mass is 35.5. The van der Waals surface area contributed by atoms with Gasteiger partial charge in [0.2, 0.25) is 0 Å². The van der Waals surface area contributed by atoms with Gasteiger partial charge in [0, 0.05) is 14.7 Å². The summed E-state index contributed by atoms with van der Waals surface area (Å²) in [6.07, 6.45) is 2.91. The fourth-order valence-electron chi connectivity index (χ4n) is 3.10. The molecule has 3 rings (SSSR count). The number of rotatable bonds is 2. The average molecular weight is 339 g/mol. The van der Waals surface area contributed by atoms with E-state index in [1.165, 1.54) is 4.90 Å². The van der Waals surface area contributed by atoms with Gasteiger partial charge in [-0.25, -0.2) is 4.39 Å². The number of hydrogen-bond acceptors (Lipinski definition) is 1. The van der Waals surface area contributed by atoms with Crippen molar-refractivity contribution in [2.24, 2.45) is 0 Å². The molecule has 4 heteroatoms. The van der Waals surface area contributed by atoms with Gasteiger partial charge in [0.25, 0.3) is 0 Å². The van der Waals surface area contributed by atoms with Crippen LogP contribution in [0.25, 0.3) is 0 Å². The molecule has 2 aromatic carbocycles. The molecule has 2 unspecified atom stereocenters. The number of thioether (sulfide) groups is 1. The van der Waals surface area contributed by atoms with Gasteiger partial charge in [-0.15, -0.1) is 21.0 Å². The Bertz CT molecular complexity index is 671. The zero-order chi connectivity index (χ0) is 15.0. The normalized spacial score (nSPS) is 21.1. The molecule has 1 aliphatic rings. The molecule has 1 aliphatic carbocycles. The van der Waals surface area contributed by atoms with Crippen LogP contribution in [0.3, 0.4) is 0 Å². The summed E-state index contributed by atoms with van der Waals surface area (Å²) in [5.41, 5.74) is 2.04. The van der Waals surface area contributed by atoms with E-state index in [-0.39, 0.29) is 10.6 Å². The lowest BCUT2D eigenvalue weighted by atomic mass is 9.83. The molecule has 0 saturated heterocycles. The fraction of sp³-hybridized carbons (Fsp3) is 0.294. The van der Waals surface area contributed by atoms with Crippen LogP contribution < -0.4 is 5.30 Å². The molecule has 0 heterocycles. The lowest BCUT2D eigenvalue weighted by Crippen LogP contribution is -2.30. The van der Waals surface area contributed by atoms with Crippen LogP contribution in [0.2, 0.25) is 5.02 Å². The third-order valence-electron chi connectivity index (χ3n) is 4.05. The minimum atomic E-state index is -0.0966. The quantitative estimate of drug-likeness (QED) is 0.667. The van der Waals surface area contributed by atoms with Crippen molar-refractivity contribution >= 4 is 37.9 Å². The predicted molar refractivity (Wildman–Crippen MR) is 93.3 cm³/mol. The summed E-state index contributed by atoms with van der Waals surface area (Å²) in [6.45, 7) is 2.22. The maximum atomic E-state index is 14.2. The first-order valence-electron chi connectivity index (χ1n) is 7.01. The Labute approximate surface area is 136 Å². The molecule has 110 valence electrons. The van der Waals surface area contributed by atoms with Crippen molar-refractivity contribution in [3.63, 3.8) is 0 Å². The summed E-state index contributed by atoms with van der Waals surface area (Å²) in [5.74, 6) is -0.0705. The Morgan fingerprint density at radius 2 is 1.90 bits per heavy atom. The van der Waals surface area contributed by atoms with E-state index < -0.39 is 0 Å². The van der Waals surface area contributed by atoms with Crippen molar-refractivity contribution in [3.8, 4) is 0 Å². The molecule has 0 amide bonds. The van der Waals surface area contributed by atoms with Crippen molar-refractivity contribution in [1.82, 2.24) is 0 Å². The highest BCUT2D eigenvalue weighted by molar-refractivity contribution is 8.00. The summed E-state index contributed by atoms with van der Waals surface area (Å²) in [5, 5.41) is 1.85. The van der Waals surface area contributed by atoms with Crippen LogP contribution in [0, 0.1) is 5.82 Å². The maximum Gasteiger partial charge on any atom is 0.126 e. The van der Waals surface area contributed by atoms with Crippen molar-refractivity contribution in [3.05, 3.63) is 58.4 Å². The van der Waals surface area contributed by atoms with Gasteiger partial charge in [0.15, 0.2) is 0 Å². The van der Waals surface area contributed by atoms with Crippen LogP contribution >= 0.6 is 32.6 Å². The Hall–Kier alpha value is -0.560. The predicted octanol–water partition coefficient (Wildman–Crippen LogP) is 5.32. The fourth-order valence-corrected chi connectivity index (χ4v) is 5.30. The van der Waals surface area contributed by atoms with Crippen LogP contribution in [0.5, 0.6) is 0 Å². The highest BCUT2D eigenvalue weighted by Gasteiger charge is 2.35. The Kier molecular flexibility index (Phi) is 4.32. The topological polar surface area (TPSA) is 0 Å². The van der Waals surface area contributed by atoms with Crippen LogP contribution in [0.15, 0.2) is 41.3 Å². The van der Waals surface area contributed by atoms with Crippen LogP contribution in [0.1, 0.15) is 30.9 Å². The molecule has 2 aromatic rings. The molecular formula is C17H17ClFPS. The minimum Gasteiger partial charge on any atom is -0.207 e. The zero-order valence-corrected chi connectivity index (χ0v) is 14.6. The van der Waals surface area contributed by atoms with Crippen molar-refractivity contribution < 1.29 is 4.39 Å². The van der Waals surface area contributed by atoms with E-state index in [4.69, 9.17) is 11.6 Å². The SMILES string of the molecule is CC1(Sc2ccc(Cl)cc2)CCCc2c(F)ccc(P)c21. The van der Waals surface area contributed by atoms with Crippen molar-refractivity contribution in [2.75, 3.05) is 0 Å². The molecular weight excluding hydrogens is 322 g/mol. The van der Waals surface area contributed by atoms with Crippen molar-refractivity contribution in [2.45, 2.75) is 35.8 Å². The Morgan fingerprint density at radius 1 is 1.19 bits per heavy atom. The number of fused-ring (bicyclic) bond motifs is 1. The van der Waals surface area contributed by atoms with Gasteiger partial charge in [-0.05, 0) is 72.9 Å². The molecule has 0 nitrogen and oxygen atoms in total. The first kappa shape index (κ1) is 15.3. The molecule has 0 N–H and O–H groups in total. The largest absolute Gasteiger partial charge is 0.207 e. The Balaban J connectivity index is 2.03. The van der Waals surface area contributed by atoms with E-state index >= 15 is 0 Å². The van der Waals surface area contributed by atoms with E-state index in [2.05, 4.69) is 16.2 Å². The van der Waals surface area contributed by atoms with Gasteiger partial charge >= 0.3 is 0 Å². The van der Waals surface area contributed by atoms with Crippen LogP contribution in [-0.4, -0.2) is 0 Å². The van der Waals surface area contributed by atoms with Crippen LogP contribution in [-0.2, 0) is 11.2 Å². The second-order valence-corrected chi connectivity index (χ2v) is 8.27. The molecule has 0 spiro atoms. The van der Waals surface area contributed by atoms with Gasteiger partial charge in [-0.2, -0.15) is 0 Å². The van der Waals surface area contributed by atoms with E-state index in [0.717, 1.165) is 40.7 Å². The lowest BCUT2D eigenvalue weighted by Gasteiger charge is -2.37. The number of halogens is 2. The minimum absolute atomic E-state index is 0.0705. The second kappa shape index (κ2) is 5.91. The first-order chi connectivity index (χ1) is 9.99. The van der Waals surface area contributed by atoms with E-state index in [1.54, 1.807) is 17.8 Å². The van der Waals surface area contributed by atoms with Gasteiger partial charge in [-0.1, -0.05) is 17.7 Å². The zero-order valence-electron chi connectivity index (χ0n) is 11.8. The van der Waals surface area contributed by atoms with Gasteiger partial charge in [0.1, 0.15) is 5.82 Å². The second-order valence-electron chi connectivity index (χ2n) is 5.63. The molecule has 0 aromatic heterocycles. The van der Waals surface area contributed by atoms with Crippen molar-refractivity contribution in [1.29, 1.82) is 0 Å². The van der Waals surface area contributed by atoms with E-state index in [1.807, 2.05) is 30.3 Å². The molecule has 0 radical (unpaired) electrons. The summed E-state index contributed by atoms with van der Waals surface area (Å²) >= 11 is 7.76. The molecule has 0 bridgehead atoms. The standard InChI is InChI=1S/C17H17ClFPS/c1-17(21-12-6-4-11(18)5-7-12)10-2-3-13-14(19)8-9-15(20)16(13)17/h4-9H,2-3,10,20H2,1H3. The number of benzene rings is 2. The summed E-state index contributed by atoms with van der Waals surface area (Å²) in [4.78, 5) is 1.17. The van der Waals surface area contributed by atoms with Crippen LogP contribution in [0.4, 0.5) is 4.39 Å². The summed E-state index contributed by atoms with van der Waals surface area (Å²) in [6, 6.07) is 11.3. The first-order valence-corrected chi connectivity index (χ1v) is 8.79. The third-order valence-corrected chi connectivity index (χ3v) is 6.15. The maximum absolute atomic E-state index is 14.2. The molecule has 0 aliphatic heterocycles. The summed E-state index contributed by atoms with van der Waals surface area (Å²) < 4.78 is 14.1. The van der Waals surface area contributed by atoms with E-state index in [9.17, 15) is 4.39 Å².